The molecule has 1 amide bonds. The zero-order chi connectivity index (χ0) is 18.7. The van der Waals surface area contributed by atoms with Gasteiger partial charge in [-0.1, -0.05) is 15.9 Å². The summed E-state index contributed by atoms with van der Waals surface area (Å²) in [5.41, 5.74) is -1.92. The van der Waals surface area contributed by atoms with Gasteiger partial charge in [0.15, 0.2) is 0 Å². The molecule has 1 atom stereocenters. The van der Waals surface area contributed by atoms with Crippen LogP contribution in [0, 0.1) is 0 Å². The highest BCUT2D eigenvalue weighted by Gasteiger charge is 2.43. The highest BCUT2D eigenvalue weighted by atomic mass is 79.9. The molecule has 1 N–H and O–H groups in total. The van der Waals surface area contributed by atoms with Crippen molar-refractivity contribution >= 4 is 28.0 Å². The van der Waals surface area contributed by atoms with Gasteiger partial charge in [-0.3, -0.25) is 0 Å². The third-order valence-electron chi connectivity index (χ3n) is 3.96. The van der Waals surface area contributed by atoms with Crippen LogP contribution in [0.2, 0.25) is 0 Å². The first-order chi connectivity index (χ1) is 11.6. The van der Waals surface area contributed by atoms with Gasteiger partial charge in [0.2, 0.25) is 5.60 Å². The maximum atomic E-state index is 12.3. The Bertz CT molecular complexity index is 625. The summed E-state index contributed by atoms with van der Waals surface area (Å²) in [6.07, 6.45) is 0.648. The van der Waals surface area contributed by atoms with Crippen LogP contribution in [0.25, 0.3) is 0 Å². The Morgan fingerprint density at radius 1 is 1.16 bits per heavy atom. The van der Waals surface area contributed by atoms with E-state index in [1.165, 1.54) is 0 Å². The number of carboxylic acid groups (broad SMARTS) is 1. The second kappa shape index (κ2) is 7.64. The van der Waals surface area contributed by atoms with Crippen LogP contribution in [0.3, 0.4) is 0 Å². The lowest BCUT2D eigenvalue weighted by molar-refractivity contribution is -0.156. The molecule has 1 unspecified atom stereocenters. The molecule has 0 radical (unpaired) electrons. The van der Waals surface area contributed by atoms with Crippen molar-refractivity contribution in [2.75, 3.05) is 13.1 Å². The third-order valence-corrected chi connectivity index (χ3v) is 4.49. The average Bonchev–Trinajstić information content (AvgIpc) is 2.72. The molecule has 6 nitrogen and oxygen atoms in total. The van der Waals surface area contributed by atoms with Crippen LogP contribution < -0.4 is 4.74 Å². The molecule has 0 saturated carbocycles. The van der Waals surface area contributed by atoms with Gasteiger partial charge < -0.3 is 19.5 Å². The lowest BCUT2D eigenvalue weighted by Gasteiger charge is -2.30. The van der Waals surface area contributed by atoms with Gasteiger partial charge in [-0.15, -0.1) is 0 Å². The van der Waals surface area contributed by atoms with E-state index in [-0.39, 0.29) is 13.0 Å². The number of amides is 1. The zero-order valence-corrected chi connectivity index (χ0v) is 16.3. The van der Waals surface area contributed by atoms with Gasteiger partial charge in [-0.05, 0) is 57.9 Å². The van der Waals surface area contributed by atoms with Crippen LogP contribution >= 0.6 is 15.9 Å². The Balaban J connectivity index is 2.11. The molecule has 138 valence electrons. The Morgan fingerprint density at radius 3 is 2.36 bits per heavy atom. The van der Waals surface area contributed by atoms with E-state index in [1.807, 2.05) is 0 Å². The molecular weight excluding hydrogens is 390 g/mol. The number of rotatable bonds is 3. The number of halogens is 1. The monoisotopic (exact) mass is 413 g/mol. The van der Waals surface area contributed by atoms with Gasteiger partial charge in [-0.2, -0.15) is 0 Å². The predicted octanol–water partition coefficient (Wildman–Crippen LogP) is 4.07. The van der Waals surface area contributed by atoms with E-state index in [0.29, 0.717) is 25.1 Å². The number of ether oxygens (including phenoxy) is 2. The van der Waals surface area contributed by atoms with Gasteiger partial charge in [-0.25, -0.2) is 9.59 Å². The van der Waals surface area contributed by atoms with Crippen molar-refractivity contribution in [3.8, 4) is 5.75 Å². The van der Waals surface area contributed by atoms with Gasteiger partial charge in [0.05, 0.1) is 0 Å². The maximum absolute atomic E-state index is 12.3. The normalized spacial score (nSPS) is 21.4. The summed E-state index contributed by atoms with van der Waals surface area (Å²) >= 11 is 3.34. The highest BCUT2D eigenvalue weighted by molar-refractivity contribution is 9.10. The van der Waals surface area contributed by atoms with Crippen LogP contribution in [-0.2, 0) is 9.53 Å². The molecule has 1 aliphatic heterocycles. The van der Waals surface area contributed by atoms with Crippen molar-refractivity contribution in [2.24, 2.45) is 0 Å². The molecule has 0 spiro atoms. The van der Waals surface area contributed by atoms with Crippen LogP contribution in [0.4, 0.5) is 4.79 Å². The summed E-state index contributed by atoms with van der Waals surface area (Å²) in [5.74, 6) is -0.516. The molecule has 25 heavy (non-hydrogen) atoms. The van der Waals surface area contributed by atoms with Crippen LogP contribution in [0.15, 0.2) is 28.7 Å². The van der Waals surface area contributed by atoms with Crippen molar-refractivity contribution in [1.29, 1.82) is 0 Å². The molecule has 1 aromatic rings. The van der Waals surface area contributed by atoms with E-state index in [4.69, 9.17) is 9.47 Å². The first kappa shape index (κ1) is 19.6. The Hall–Kier alpha value is -1.76. The molecule has 1 heterocycles. The summed E-state index contributed by atoms with van der Waals surface area (Å²) in [6.45, 7) is 6.15. The fourth-order valence-electron chi connectivity index (χ4n) is 2.70. The van der Waals surface area contributed by atoms with Crippen molar-refractivity contribution in [3.63, 3.8) is 0 Å². The lowest BCUT2D eigenvalue weighted by atomic mass is 9.94. The number of aliphatic carboxylic acids is 1. The quantitative estimate of drug-likeness (QED) is 0.807. The third kappa shape index (κ3) is 5.36. The standard InChI is InChI=1S/C18H24BrNO5/c1-17(2,3)25-16(23)20-11-4-9-18(10-12-20,15(21)22)24-14-7-5-13(19)6-8-14/h5-8H,4,9-12H2,1-3H3,(H,21,22). The summed E-state index contributed by atoms with van der Waals surface area (Å²) in [5, 5.41) is 9.77. The fourth-order valence-corrected chi connectivity index (χ4v) is 2.97. The number of hydrogen-bond acceptors (Lipinski definition) is 4. The lowest BCUT2D eigenvalue weighted by Crippen LogP contribution is -2.46. The maximum Gasteiger partial charge on any atom is 0.410 e. The topological polar surface area (TPSA) is 76.1 Å². The van der Waals surface area contributed by atoms with Crippen LogP contribution in [0.1, 0.15) is 40.0 Å². The summed E-state index contributed by atoms with van der Waals surface area (Å²) in [6, 6.07) is 7.06. The van der Waals surface area contributed by atoms with Crippen molar-refractivity contribution in [2.45, 2.75) is 51.2 Å². The number of benzene rings is 1. The minimum absolute atomic E-state index is 0.206. The molecule has 0 aliphatic carbocycles. The summed E-state index contributed by atoms with van der Waals surface area (Å²) in [4.78, 5) is 25.7. The Morgan fingerprint density at radius 2 is 1.80 bits per heavy atom. The Labute approximate surface area is 156 Å². The second-order valence-electron chi connectivity index (χ2n) is 7.18. The molecule has 7 heteroatoms. The molecule has 0 bridgehead atoms. The van der Waals surface area contributed by atoms with E-state index in [1.54, 1.807) is 49.9 Å². The summed E-state index contributed by atoms with van der Waals surface area (Å²) < 4.78 is 12.1. The van der Waals surface area contributed by atoms with Crippen LogP contribution in [0.5, 0.6) is 5.75 Å². The molecule has 2 rings (SSSR count). The van der Waals surface area contributed by atoms with E-state index in [0.717, 1.165) is 4.47 Å². The van der Waals surface area contributed by atoms with E-state index in [2.05, 4.69) is 15.9 Å². The number of hydrogen-bond donors (Lipinski definition) is 1. The average molecular weight is 414 g/mol. The van der Waals surface area contributed by atoms with Crippen molar-refractivity contribution in [1.82, 2.24) is 4.90 Å². The van der Waals surface area contributed by atoms with Gasteiger partial charge in [0, 0.05) is 24.0 Å². The molecular formula is C18H24BrNO5. The highest BCUT2D eigenvalue weighted by Crippen LogP contribution is 2.30. The second-order valence-corrected chi connectivity index (χ2v) is 8.09. The smallest absolute Gasteiger partial charge is 0.410 e. The van der Waals surface area contributed by atoms with Crippen molar-refractivity contribution < 1.29 is 24.2 Å². The first-order valence-electron chi connectivity index (χ1n) is 8.27. The molecule has 1 saturated heterocycles. The van der Waals surface area contributed by atoms with E-state index in [9.17, 15) is 14.7 Å². The van der Waals surface area contributed by atoms with Gasteiger partial charge >= 0.3 is 12.1 Å². The molecule has 0 aromatic heterocycles. The number of carbonyl (C=O) groups excluding carboxylic acids is 1. The number of carbonyl (C=O) groups is 2. The Kier molecular flexibility index (Phi) is 5.98. The SMILES string of the molecule is CC(C)(C)OC(=O)N1CCCC(Oc2ccc(Br)cc2)(C(=O)O)CC1. The zero-order valence-electron chi connectivity index (χ0n) is 14.8. The van der Waals surface area contributed by atoms with Gasteiger partial charge in [0.25, 0.3) is 0 Å². The molecule has 1 fully saturated rings. The van der Waals surface area contributed by atoms with Crippen LogP contribution in [-0.4, -0.2) is 46.4 Å². The molecule has 1 aromatic carbocycles. The van der Waals surface area contributed by atoms with E-state index >= 15 is 0 Å². The number of carboxylic acids is 1. The predicted molar refractivity (Wildman–Crippen MR) is 96.8 cm³/mol. The number of nitrogens with zero attached hydrogens (tertiary/aromatic N) is 1. The van der Waals surface area contributed by atoms with Crippen molar-refractivity contribution in [3.05, 3.63) is 28.7 Å². The summed E-state index contributed by atoms with van der Waals surface area (Å²) in [7, 11) is 0. The first-order valence-corrected chi connectivity index (χ1v) is 9.06. The van der Waals surface area contributed by atoms with Gasteiger partial charge in [0.1, 0.15) is 11.4 Å². The largest absolute Gasteiger partial charge is 0.478 e. The number of likely N-dealkylation sites (tertiary alicyclic amines) is 1. The minimum atomic E-state index is -1.34. The minimum Gasteiger partial charge on any atom is -0.478 e. The fraction of sp³-hybridized carbons (Fsp3) is 0.556. The molecule has 1 aliphatic rings. The van der Waals surface area contributed by atoms with E-state index < -0.39 is 23.3 Å².